The van der Waals surface area contributed by atoms with Crippen LogP contribution < -0.4 is 11.1 Å². The fraction of sp³-hybridized carbons (Fsp3) is 0.750. The van der Waals surface area contributed by atoms with E-state index in [1.54, 1.807) is 6.33 Å². The Hall–Kier alpha value is -2.54. The zero-order chi connectivity index (χ0) is 25.7. The van der Waals surface area contributed by atoms with Crippen LogP contribution in [0, 0.1) is 0 Å². The second kappa shape index (κ2) is 9.40. The van der Waals surface area contributed by atoms with Gasteiger partial charge in [0.05, 0.1) is 6.33 Å². The number of hydrogen-bond donors (Lipinski definition) is 2. The van der Waals surface area contributed by atoms with Crippen molar-refractivity contribution in [2.45, 2.75) is 95.9 Å². The maximum Gasteiger partial charge on any atom is 0.407 e. The molecule has 0 aliphatic carbocycles. The fourth-order valence-corrected chi connectivity index (χ4v) is 5.43. The molecule has 0 saturated carbocycles. The molecule has 0 aromatic carbocycles. The first-order valence-corrected chi connectivity index (χ1v) is 12.7. The van der Waals surface area contributed by atoms with Crippen molar-refractivity contribution in [1.82, 2.24) is 29.7 Å². The maximum absolute atomic E-state index is 12.0. The third-order valence-electron chi connectivity index (χ3n) is 6.85. The number of fused-ring (bicyclic) bond motifs is 2. The Morgan fingerprint density at radius 1 is 1.25 bits per heavy atom. The number of carbonyl (C=O) groups is 1. The third kappa shape index (κ3) is 5.13. The van der Waals surface area contributed by atoms with E-state index in [9.17, 15) is 4.79 Å². The summed E-state index contributed by atoms with van der Waals surface area (Å²) in [7, 11) is 0. The lowest BCUT2D eigenvalue weighted by atomic mass is 10.1. The molecule has 1 amide bonds. The van der Waals surface area contributed by atoms with Crippen molar-refractivity contribution >= 4 is 23.1 Å². The highest BCUT2D eigenvalue weighted by molar-refractivity contribution is 5.81. The van der Waals surface area contributed by atoms with Gasteiger partial charge in [-0.05, 0) is 60.4 Å². The van der Waals surface area contributed by atoms with Gasteiger partial charge in [-0.25, -0.2) is 19.7 Å². The summed E-state index contributed by atoms with van der Waals surface area (Å²) >= 11 is 0. The summed E-state index contributed by atoms with van der Waals surface area (Å²) in [6, 6.07) is 0.345. The monoisotopic (exact) mass is 503 g/mol. The SMILES string of the molecule is CC(C)(C)OC(=O)NCC[C@H]1CCCN1C[C@H]1O[C@@H](n2cnc3c(N)ncnc32)[C@@H]2OC(C)(C)O[C@@H]21. The number of nitrogen functional groups attached to an aromatic ring is 1. The van der Waals surface area contributed by atoms with Crippen LogP contribution >= 0.6 is 0 Å². The summed E-state index contributed by atoms with van der Waals surface area (Å²) in [5.74, 6) is -0.393. The van der Waals surface area contributed by atoms with Gasteiger partial charge < -0.3 is 30.0 Å². The number of hydrogen-bond acceptors (Lipinski definition) is 10. The van der Waals surface area contributed by atoms with E-state index in [0.717, 1.165) is 25.8 Å². The lowest BCUT2D eigenvalue weighted by Crippen LogP contribution is -2.43. The second-order valence-corrected chi connectivity index (χ2v) is 11.2. The number of carbonyl (C=O) groups excluding carboxylic acids is 1. The molecule has 3 aliphatic rings. The van der Waals surface area contributed by atoms with Gasteiger partial charge in [0.25, 0.3) is 0 Å². The number of ether oxygens (including phenoxy) is 4. The molecule has 0 unspecified atom stereocenters. The minimum Gasteiger partial charge on any atom is -0.444 e. The molecule has 36 heavy (non-hydrogen) atoms. The van der Waals surface area contributed by atoms with Crippen LogP contribution in [0.2, 0.25) is 0 Å². The Labute approximate surface area is 210 Å². The molecule has 12 heteroatoms. The van der Waals surface area contributed by atoms with Gasteiger partial charge in [-0.2, -0.15) is 0 Å². The Balaban J connectivity index is 1.26. The van der Waals surface area contributed by atoms with Crippen molar-refractivity contribution in [1.29, 1.82) is 0 Å². The number of alkyl carbamates (subject to hydrolysis) is 1. The quantitative estimate of drug-likeness (QED) is 0.603. The van der Waals surface area contributed by atoms with Crippen molar-refractivity contribution in [3.63, 3.8) is 0 Å². The van der Waals surface area contributed by atoms with Crippen LogP contribution in [0.25, 0.3) is 11.2 Å². The number of nitrogens with zero attached hydrogens (tertiary/aromatic N) is 5. The van der Waals surface area contributed by atoms with Crippen LogP contribution in [-0.2, 0) is 18.9 Å². The minimum atomic E-state index is -0.720. The summed E-state index contributed by atoms with van der Waals surface area (Å²) in [5.41, 5.74) is 6.63. The van der Waals surface area contributed by atoms with Gasteiger partial charge in [0, 0.05) is 19.1 Å². The Kier molecular flexibility index (Phi) is 6.56. The summed E-state index contributed by atoms with van der Waals surface area (Å²) < 4.78 is 26.4. The van der Waals surface area contributed by atoms with Gasteiger partial charge in [0.15, 0.2) is 23.5 Å². The number of rotatable bonds is 6. The number of likely N-dealkylation sites (tertiary alicyclic amines) is 1. The van der Waals surface area contributed by atoms with Gasteiger partial charge in [-0.3, -0.25) is 9.47 Å². The minimum absolute atomic E-state index is 0.196. The van der Waals surface area contributed by atoms with E-state index in [1.807, 2.05) is 39.2 Å². The first-order valence-electron chi connectivity index (χ1n) is 12.7. The molecule has 0 radical (unpaired) electrons. The zero-order valence-corrected chi connectivity index (χ0v) is 21.6. The number of anilines is 1. The summed E-state index contributed by atoms with van der Waals surface area (Å²) in [6.45, 7) is 11.7. The van der Waals surface area contributed by atoms with Crippen LogP contribution in [0.3, 0.4) is 0 Å². The molecule has 5 rings (SSSR count). The van der Waals surface area contributed by atoms with Gasteiger partial charge in [-0.15, -0.1) is 0 Å². The molecule has 2 aromatic heterocycles. The summed E-state index contributed by atoms with van der Waals surface area (Å²) in [6.07, 6.45) is 4.55. The first kappa shape index (κ1) is 25.1. The van der Waals surface area contributed by atoms with Crippen LogP contribution in [-0.4, -0.2) is 85.9 Å². The molecule has 12 nitrogen and oxygen atoms in total. The van der Waals surface area contributed by atoms with E-state index in [-0.39, 0.29) is 24.4 Å². The van der Waals surface area contributed by atoms with Gasteiger partial charge in [0.1, 0.15) is 35.8 Å². The van der Waals surface area contributed by atoms with Gasteiger partial charge in [0.2, 0.25) is 0 Å². The van der Waals surface area contributed by atoms with E-state index in [2.05, 4.69) is 25.2 Å². The van der Waals surface area contributed by atoms with Gasteiger partial charge in [-0.1, -0.05) is 0 Å². The van der Waals surface area contributed by atoms with E-state index in [0.29, 0.717) is 36.1 Å². The molecule has 198 valence electrons. The molecule has 2 aromatic rings. The van der Waals surface area contributed by atoms with Crippen molar-refractivity contribution in [2.75, 3.05) is 25.4 Å². The molecule has 0 bridgehead atoms. The normalized spacial score (nSPS) is 30.1. The zero-order valence-electron chi connectivity index (χ0n) is 21.6. The molecule has 3 N–H and O–H groups in total. The predicted molar refractivity (Wildman–Crippen MR) is 131 cm³/mol. The highest BCUT2D eigenvalue weighted by atomic mass is 16.8. The Morgan fingerprint density at radius 2 is 2.03 bits per heavy atom. The largest absolute Gasteiger partial charge is 0.444 e. The molecular weight excluding hydrogens is 466 g/mol. The molecule has 0 spiro atoms. The third-order valence-corrected chi connectivity index (χ3v) is 6.85. The van der Waals surface area contributed by atoms with E-state index >= 15 is 0 Å². The van der Waals surface area contributed by atoms with E-state index in [4.69, 9.17) is 24.7 Å². The van der Waals surface area contributed by atoms with Crippen molar-refractivity contribution in [3.8, 4) is 0 Å². The maximum atomic E-state index is 12.0. The van der Waals surface area contributed by atoms with Crippen LogP contribution in [0.4, 0.5) is 10.6 Å². The lowest BCUT2D eigenvalue weighted by Gasteiger charge is -2.30. The molecule has 5 heterocycles. The molecule has 5 atom stereocenters. The van der Waals surface area contributed by atoms with Crippen LogP contribution in [0.1, 0.15) is 60.1 Å². The number of nitrogens with one attached hydrogen (secondary N) is 1. The Bertz CT molecular complexity index is 1100. The summed E-state index contributed by atoms with van der Waals surface area (Å²) in [5, 5.41) is 2.88. The highest BCUT2D eigenvalue weighted by Crippen LogP contribution is 2.44. The molecule has 3 fully saturated rings. The van der Waals surface area contributed by atoms with Gasteiger partial charge >= 0.3 is 6.09 Å². The van der Waals surface area contributed by atoms with E-state index < -0.39 is 17.6 Å². The number of aromatic nitrogens is 4. The van der Waals surface area contributed by atoms with Crippen LogP contribution in [0.15, 0.2) is 12.7 Å². The second-order valence-electron chi connectivity index (χ2n) is 11.2. The van der Waals surface area contributed by atoms with Crippen molar-refractivity contribution in [3.05, 3.63) is 12.7 Å². The molecular formula is C24H37N7O5. The standard InChI is InChI=1S/C24H37N7O5/c1-23(2,3)36-22(32)26-9-8-14-7-6-10-30(14)11-15-17-18(35-24(4,5)34-17)21(33-15)31-13-29-16-19(25)27-12-28-20(16)31/h12-15,17-18,21H,6-11H2,1-5H3,(H,26,32)(H2,25,27,28)/t14-,15-,17-,18-,21-/m1/s1. The number of nitrogens with two attached hydrogens (primary N) is 1. The van der Waals surface area contributed by atoms with Crippen molar-refractivity contribution in [2.24, 2.45) is 0 Å². The predicted octanol–water partition coefficient (Wildman–Crippen LogP) is 2.21. The smallest absolute Gasteiger partial charge is 0.407 e. The topological polar surface area (TPSA) is 139 Å². The number of imidazole rings is 1. The highest BCUT2D eigenvalue weighted by Gasteiger charge is 2.56. The van der Waals surface area contributed by atoms with E-state index in [1.165, 1.54) is 6.33 Å². The number of amides is 1. The average molecular weight is 504 g/mol. The average Bonchev–Trinajstić information content (AvgIpc) is 3.52. The lowest BCUT2D eigenvalue weighted by molar-refractivity contribution is -0.198. The fourth-order valence-electron chi connectivity index (χ4n) is 5.43. The van der Waals surface area contributed by atoms with Crippen molar-refractivity contribution < 1.29 is 23.7 Å². The summed E-state index contributed by atoms with van der Waals surface area (Å²) in [4.78, 5) is 27.3. The van der Waals surface area contributed by atoms with Crippen LogP contribution in [0.5, 0.6) is 0 Å². The molecule has 3 saturated heterocycles. The molecule has 3 aliphatic heterocycles. The first-order chi connectivity index (χ1) is 17.0. The Morgan fingerprint density at radius 3 is 2.81 bits per heavy atom.